The number of hydrogen-bond donors (Lipinski definition) is 1. The van der Waals surface area contributed by atoms with E-state index in [-0.39, 0.29) is 6.04 Å². The number of aryl methyl sites for hydroxylation is 2. The maximum absolute atomic E-state index is 5.46. The molecule has 3 heterocycles. The van der Waals surface area contributed by atoms with Gasteiger partial charge in [-0.05, 0) is 26.2 Å². The monoisotopic (exact) mass is 340 g/mol. The van der Waals surface area contributed by atoms with Crippen molar-refractivity contribution < 1.29 is 4.52 Å². The molecule has 0 aliphatic heterocycles. The maximum atomic E-state index is 5.46. The van der Waals surface area contributed by atoms with Crippen molar-refractivity contribution in [1.82, 2.24) is 24.9 Å². The van der Waals surface area contributed by atoms with Gasteiger partial charge in [0, 0.05) is 19.0 Å². The minimum Gasteiger partial charge on any atom is -0.360 e. The molecule has 25 heavy (non-hydrogen) atoms. The molecule has 132 valence electrons. The van der Waals surface area contributed by atoms with Crippen LogP contribution in [0, 0.1) is 0 Å². The van der Waals surface area contributed by atoms with E-state index < -0.39 is 0 Å². The Kier molecular flexibility index (Phi) is 4.15. The molecule has 7 heteroatoms. The van der Waals surface area contributed by atoms with Gasteiger partial charge in [-0.3, -0.25) is 4.68 Å². The van der Waals surface area contributed by atoms with Crippen LogP contribution in [0.5, 0.6) is 0 Å². The van der Waals surface area contributed by atoms with Crippen molar-refractivity contribution in [2.24, 2.45) is 7.05 Å². The molecule has 0 spiro atoms. The summed E-state index contributed by atoms with van der Waals surface area (Å²) in [4.78, 5) is 9.64. The lowest BCUT2D eigenvalue weighted by atomic mass is 10.1. The average Bonchev–Trinajstić information content (AvgIpc) is 3.36. The van der Waals surface area contributed by atoms with Gasteiger partial charge in [-0.2, -0.15) is 5.10 Å². The van der Waals surface area contributed by atoms with Crippen molar-refractivity contribution in [3.05, 3.63) is 29.5 Å². The Morgan fingerprint density at radius 1 is 1.32 bits per heavy atom. The van der Waals surface area contributed by atoms with Crippen LogP contribution >= 0.6 is 0 Å². The molecule has 3 aromatic heterocycles. The van der Waals surface area contributed by atoms with Gasteiger partial charge in [0.25, 0.3) is 0 Å². The quantitative estimate of drug-likeness (QED) is 0.762. The van der Waals surface area contributed by atoms with Crippen molar-refractivity contribution in [3.8, 4) is 0 Å². The summed E-state index contributed by atoms with van der Waals surface area (Å²) in [6.45, 7) is 4.12. The summed E-state index contributed by atoms with van der Waals surface area (Å²) in [5, 5.41) is 12.9. The largest absolute Gasteiger partial charge is 0.360 e. The molecular formula is C18H24N6O. The first-order valence-corrected chi connectivity index (χ1v) is 9.07. The third kappa shape index (κ3) is 2.99. The zero-order valence-electron chi connectivity index (χ0n) is 15.0. The molecule has 4 rings (SSSR count). The number of nitrogens with one attached hydrogen (secondary N) is 1. The molecule has 0 bridgehead atoms. The highest BCUT2D eigenvalue weighted by atomic mass is 16.5. The van der Waals surface area contributed by atoms with E-state index in [0.717, 1.165) is 40.6 Å². The first-order chi connectivity index (χ1) is 12.2. The lowest BCUT2D eigenvalue weighted by Crippen LogP contribution is -2.11. The van der Waals surface area contributed by atoms with Crippen molar-refractivity contribution in [1.29, 1.82) is 0 Å². The smallest absolute Gasteiger partial charge is 0.163 e. The predicted molar refractivity (Wildman–Crippen MR) is 95.4 cm³/mol. The summed E-state index contributed by atoms with van der Waals surface area (Å²) in [6.07, 6.45) is 7.53. The van der Waals surface area contributed by atoms with Crippen LogP contribution in [-0.4, -0.2) is 24.9 Å². The number of anilines is 1. The van der Waals surface area contributed by atoms with E-state index in [0.29, 0.717) is 5.92 Å². The first kappa shape index (κ1) is 16.1. The summed E-state index contributed by atoms with van der Waals surface area (Å²) in [7, 11) is 1.92. The number of aromatic nitrogens is 5. The molecule has 1 atom stereocenters. The molecule has 0 radical (unpaired) electrons. The number of rotatable bonds is 5. The van der Waals surface area contributed by atoms with Crippen molar-refractivity contribution >= 4 is 16.9 Å². The van der Waals surface area contributed by atoms with Gasteiger partial charge in [0.2, 0.25) is 0 Å². The first-order valence-electron chi connectivity index (χ1n) is 9.07. The van der Waals surface area contributed by atoms with Crippen molar-refractivity contribution in [2.45, 2.75) is 57.9 Å². The fraction of sp³-hybridized carbons (Fsp3) is 0.556. The van der Waals surface area contributed by atoms with E-state index in [2.05, 4.69) is 29.4 Å². The zero-order valence-corrected chi connectivity index (χ0v) is 15.0. The molecule has 1 saturated carbocycles. The van der Waals surface area contributed by atoms with Crippen LogP contribution in [0.2, 0.25) is 0 Å². The van der Waals surface area contributed by atoms with Crippen LogP contribution in [-0.2, 0) is 13.5 Å². The summed E-state index contributed by atoms with van der Waals surface area (Å²) >= 11 is 0. The van der Waals surface area contributed by atoms with Crippen LogP contribution in [0.25, 0.3) is 11.0 Å². The third-order valence-electron chi connectivity index (χ3n) is 5.05. The Balaban J connectivity index is 1.69. The van der Waals surface area contributed by atoms with Crippen molar-refractivity contribution in [2.75, 3.05) is 5.32 Å². The second-order valence-electron chi connectivity index (χ2n) is 6.86. The molecule has 0 aromatic carbocycles. The number of fused-ring (bicyclic) bond motifs is 1. The lowest BCUT2D eigenvalue weighted by Gasteiger charge is -2.15. The van der Waals surface area contributed by atoms with Crippen LogP contribution in [0.1, 0.15) is 68.8 Å². The summed E-state index contributed by atoms with van der Waals surface area (Å²) in [5.41, 5.74) is 1.84. The minimum atomic E-state index is -0.0254. The van der Waals surface area contributed by atoms with Gasteiger partial charge < -0.3 is 9.84 Å². The van der Waals surface area contributed by atoms with Gasteiger partial charge >= 0.3 is 0 Å². The van der Waals surface area contributed by atoms with Crippen LogP contribution in [0.4, 0.5) is 5.82 Å². The van der Waals surface area contributed by atoms with Gasteiger partial charge in [-0.15, -0.1) is 0 Å². The molecular weight excluding hydrogens is 316 g/mol. The summed E-state index contributed by atoms with van der Waals surface area (Å²) < 4.78 is 7.27. The van der Waals surface area contributed by atoms with E-state index in [9.17, 15) is 0 Å². The van der Waals surface area contributed by atoms with Crippen molar-refractivity contribution in [3.63, 3.8) is 0 Å². The number of nitrogens with zero attached hydrogens (tertiary/aromatic N) is 5. The van der Waals surface area contributed by atoms with Gasteiger partial charge in [-0.25, -0.2) is 9.97 Å². The van der Waals surface area contributed by atoms with Gasteiger partial charge in [0.15, 0.2) is 11.4 Å². The molecule has 0 saturated heterocycles. The highest BCUT2D eigenvalue weighted by Crippen LogP contribution is 2.34. The van der Waals surface area contributed by atoms with E-state index in [4.69, 9.17) is 14.5 Å². The Morgan fingerprint density at radius 3 is 2.84 bits per heavy atom. The molecule has 1 aliphatic rings. The Hall–Kier alpha value is -2.44. The average molecular weight is 340 g/mol. The van der Waals surface area contributed by atoms with E-state index in [1.165, 1.54) is 25.7 Å². The maximum Gasteiger partial charge on any atom is 0.163 e. The standard InChI is InChI=1S/C18H24N6O/c1-4-13-9-15(25-23-13)11(2)20-17-14-10-19-24(3)18(14)22-16(21-17)12-7-5-6-8-12/h9-12H,4-8H2,1-3H3,(H,20,21,22)/t11-/m1/s1. The zero-order chi connectivity index (χ0) is 17.4. The molecule has 0 amide bonds. The minimum absolute atomic E-state index is 0.0254. The molecule has 1 aliphatic carbocycles. The number of hydrogen-bond acceptors (Lipinski definition) is 6. The SMILES string of the molecule is CCc1cc([C@@H](C)Nc2nc(C3CCCC3)nc3c2cnn3C)on1. The predicted octanol–water partition coefficient (Wildman–Crippen LogP) is 3.74. The van der Waals surface area contributed by atoms with Crippen LogP contribution in [0.15, 0.2) is 16.8 Å². The highest BCUT2D eigenvalue weighted by Gasteiger charge is 2.23. The Labute approximate surface area is 146 Å². The topological polar surface area (TPSA) is 81.7 Å². The molecule has 3 aromatic rings. The van der Waals surface area contributed by atoms with Gasteiger partial charge in [-0.1, -0.05) is 24.9 Å². The van der Waals surface area contributed by atoms with Crippen LogP contribution in [0.3, 0.4) is 0 Å². The summed E-state index contributed by atoms with van der Waals surface area (Å²) in [6, 6.07) is 1.97. The second-order valence-corrected chi connectivity index (χ2v) is 6.86. The lowest BCUT2D eigenvalue weighted by molar-refractivity contribution is 0.368. The third-order valence-corrected chi connectivity index (χ3v) is 5.05. The van der Waals surface area contributed by atoms with Gasteiger partial charge in [0.1, 0.15) is 11.6 Å². The van der Waals surface area contributed by atoms with E-state index in [1.807, 2.05) is 24.0 Å². The van der Waals surface area contributed by atoms with Crippen LogP contribution < -0.4 is 5.32 Å². The van der Waals surface area contributed by atoms with Gasteiger partial charge in [0.05, 0.1) is 23.3 Å². The summed E-state index contributed by atoms with van der Waals surface area (Å²) in [5.74, 6) is 3.01. The second kappa shape index (κ2) is 6.46. The Bertz CT molecular complexity index is 877. The Morgan fingerprint density at radius 2 is 2.12 bits per heavy atom. The molecule has 7 nitrogen and oxygen atoms in total. The molecule has 1 N–H and O–H groups in total. The fourth-order valence-corrected chi connectivity index (χ4v) is 3.49. The molecule has 0 unspecified atom stereocenters. The highest BCUT2D eigenvalue weighted by molar-refractivity contribution is 5.86. The fourth-order valence-electron chi connectivity index (χ4n) is 3.49. The normalized spacial score (nSPS) is 16.6. The van der Waals surface area contributed by atoms with E-state index in [1.54, 1.807) is 0 Å². The molecule has 1 fully saturated rings. The van der Waals surface area contributed by atoms with E-state index >= 15 is 0 Å².